The summed E-state index contributed by atoms with van der Waals surface area (Å²) >= 11 is 0. The number of hydrazine groups is 1. The molecule has 0 aliphatic heterocycles. The molecule has 5 heteroatoms. The number of rotatable bonds is 2. The monoisotopic (exact) mass is 267 g/mol. The molecular formula is C14H19F2N3. The third-order valence-electron chi connectivity index (χ3n) is 3.53. The fourth-order valence-corrected chi connectivity index (χ4v) is 2.42. The number of hydrogen-bond acceptors (Lipinski definition) is 2. The average Bonchev–Trinajstić information content (AvgIpc) is 2.42. The molecule has 0 radical (unpaired) electrons. The number of aryl methyl sites for hydroxylation is 1. The van der Waals surface area contributed by atoms with Crippen LogP contribution in [0.2, 0.25) is 0 Å². The average molecular weight is 267 g/mol. The van der Waals surface area contributed by atoms with Gasteiger partial charge in [-0.3, -0.25) is 4.99 Å². The minimum absolute atomic E-state index is 0.171. The van der Waals surface area contributed by atoms with Crippen LogP contribution in [-0.4, -0.2) is 11.9 Å². The van der Waals surface area contributed by atoms with Crippen molar-refractivity contribution < 1.29 is 8.78 Å². The van der Waals surface area contributed by atoms with Gasteiger partial charge < -0.3 is 5.43 Å². The van der Waals surface area contributed by atoms with E-state index in [1.54, 1.807) is 6.92 Å². The first-order chi connectivity index (χ1) is 9.11. The molecule has 3 N–H and O–H groups in total. The molecule has 1 aromatic rings. The van der Waals surface area contributed by atoms with Crippen molar-refractivity contribution in [1.82, 2.24) is 5.43 Å². The number of hydrogen-bond donors (Lipinski definition) is 2. The van der Waals surface area contributed by atoms with Gasteiger partial charge in [0.2, 0.25) is 0 Å². The fourth-order valence-electron chi connectivity index (χ4n) is 2.42. The quantitative estimate of drug-likeness (QED) is 0.375. The number of nitrogens with two attached hydrogens (primary N) is 1. The molecule has 0 heterocycles. The zero-order valence-corrected chi connectivity index (χ0v) is 11.0. The largest absolute Gasteiger partial charge is 0.308 e. The van der Waals surface area contributed by atoms with E-state index in [1.165, 1.54) is 12.5 Å². The Morgan fingerprint density at radius 2 is 1.89 bits per heavy atom. The van der Waals surface area contributed by atoms with Crippen molar-refractivity contribution in [3.8, 4) is 0 Å². The third kappa shape index (κ3) is 3.29. The Kier molecular flexibility index (Phi) is 4.47. The van der Waals surface area contributed by atoms with Crippen LogP contribution in [0, 0.1) is 18.6 Å². The van der Waals surface area contributed by atoms with Gasteiger partial charge in [-0.15, -0.1) is 0 Å². The Bertz CT molecular complexity index is 480. The maximum absolute atomic E-state index is 13.8. The summed E-state index contributed by atoms with van der Waals surface area (Å²) in [6, 6.07) is 2.48. The molecule has 0 amide bonds. The summed E-state index contributed by atoms with van der Waals surface area (Å²) in [4.78, 5) is 4.47. The highest BCUT2D eigenvalue weighted by atomic mass is 19.1. The Labute approximate surface area is 111 Å². The van der Waals surface area contributed by atoms with Gasteiger partial charge >= 0.3 is 0 Å². The normalized spacial score (nSPS) is 17.6. The summed E-state index contributed by atoms with van der Waals surface area (Å²) in [7, 11) is 0. The number of nitrogens with zero attached hydrogens (tertiary/aromatic N) is 1. The van der Waals surface area contributed by atoms with Crippen LogP contribution in [0.1, 0.15) is 43.2 Å². The molecule has 104 valence electrons. The van der Waals surface area contributed by atoms with E-state index >= 15 is 0 Å². The lowest BCUT2D eigenvalue weighted by Gasteiger charge is -2.19. The van der Waals surface area contributed by atoms with Gasteiger partial charge in [-0.2, -0.15) is 0 Å². The highest BCUT2D eigenvalue weighted by Crippen LogP contribution is 2.22. The van der Waals surface area contributed by atoms with E-state index in [-0.39, 0.29) is 11.6 Å². The standard InChI is InChI=1S/C14H19F2N3/c1-9-7-11(13(16)8-12(9)15)14(19-17)18-10-5-3-2-4-6-10/h7-8,10H,2-6,17H2,1H3,(H,18,19). The molecule has 1 saturated carbocycles. The lowest BCUT2D eigenvalue weighted by Crippen LogP contribution is -2.33. The molecule has 1 aliphatic rings. The van der Waals surface area contributed by atoms with E-state index in [1.807, 2.05) is 0 Å². The molecule has 2 rings (SSSR count). The van der Waals surface area contributed by atoms with Crippen LogP contribution < -0.4 is 11.3 Å². The third-order valence-corrected chi connectivity index (χ3v) is 3.53. The molecule has 0 atom stereocenters. The van der Waals surface area contributed by atoms with Gasteiger partial charge in [0.15, 0.2) is 0 Å². The summed E-state index contributed by atoms with van der Waals surface area (Å²) in [5, 5.41) is 0. The maximum Gasteiger partial charge on any atom is 0.145 e. The fraction of sp³-hybridized carbons (Fsp3) is 0.500. The highest BCUT2D eigenvalue weighted by molar-refractivity contribution is 5.98. The summed E-state index contributed by atoms with van der Waals surface area (Å²) in [6.07, 6.45) is 5.48. The van der Waals surface area contributed by atoms with Gasteiger partial charge in [0, 0.05) is 6.07 Å². The van der Waals surface area contributed by atoms with E-state index in [2.05, 4.69) is 10.4 Å². The van der Waals surface area contributed by atoms with Gasteiger partial charge in [-0.05, 0) is 31.4 Å². The Morgan fingerprint density at radius 3 is 2.53 bits per heavy atom. The molecular weight excluding hydrogens is 248 g/mol. The smallest absolute Gasteiger partial charge is 0.145 e. The molecule has 0 unspecified atom stereocenters. The van der Waals surface area contributed by atoms with Crippen LogP contribution >= 0.6 is 0 Å². The number of halogens is 2. The molecule has 3 nitrogen and oxygen atoms in total. The second-order valence-corrected chi connectivity index (χ2v) is 5.00. The first kappa shape index (κ1) is 13.9. The number of benzene rings is 1. The van der Waals surface area contributed by atoms with E-state index in [9.17, 15) is 8.78 Å². The Balaban J connectivity index is 2.30. The topological polar surface area (TPSA) is 50.4 Å². The summed E-state index contributed by atoms with van der Waals surface area (Å²) in [5.74, 6) is 4.53. The molecule has 1 aromatic carbocycles. The van der Waals surface area contributed by atoms with Crippen molar-refractivity contribution in [2.45, 2.75) is 45.1 Å². The molecule has 0 aromatic heterocycles. The van der Waals surface area contributed by atoms with E-state index in [0.717, 1.165) is 31.7 Å². The van der Waals surface area contributed by atoms with Crippen LogP contribution in [0.5, 0.6) is 0 Å². The van der Waals surface area contributed by atoms with Crippen molar-refractivity contribution >= 4 is 5.84 Å². The van der Waals surface area contributed by atoms with Crippen LogP contribution in [0.15, 0.2) is 17.1 Å². The van der Waals surface area contributed by atoms with Crippen molar-refractivity contribution in [2.75, 3.05) is 0 Å². The molecule has 0 saturated heterocycles. The van der Waals surface area contributed by atoms with Crippen molar-refractivity contribution in [3.05, 3.63) is 34.9 Å². The molecule has 1 aliphatic carbocycles. The number of nitrogens with one attached hydrogen (secondary N) is 1. The summed E-state index contributed by atoms with van der Waals surface area (Å²) in [6.45, 7) is 1.59. The van der Waals surface area contributed by atoms with Gasteiger partial charge in [-0.1, -0.05) is 19.3 Å². The van der Waals surface area contributed by atoms with Crippen LogP contribution in [0.3, 0.4) is 0 Å². The van der Waals surface area contributed by atoms with E-state index in [0.29, 0.717) is 11.4 Å². The zero-order valence-electron chi connectivity index (χ0n) is 11.0. The molecule has 1 fully saturated rings. The first-order valence-corrected chi connectivity index (χ1v) is 6.62. The first-order valence-electron chi connectivity index (χ1n) is 6.62. The van der Waals surface area contributed by atoms with Crippen LogP contribution in [0.4, 0.5) is 8.78 Å². The number of aliphatic imine (C=N–C) groups is 1. The predicted octanol–water partition coefficient (Wildman–Crippen LogP) is 2.82. The highest BCUT2D eigenvalue weighted by Gasteiger charge is 2.16. The lowest BCUT2D eigenvalue weighted by molar-refractivity contribution is 0.442. The predicted molar refractivity (Wildman–Crippen MR) is 71.8 cm³/mol. The molecule has 0 spiro atoms. The second-order valence-electron chi connectivity index (χ2n) is 5.00. The summed E-state index contributed by atoms with van der Waals surface area (Å²) in [5.41, 5.74) is 3.05. The Hall–Kier alpha value is -1.49. The van der Waals surface area contributed by atoms with Gasteiger partial charge in [0.1, 0.15) is 17.5 Å². The van der Waals surface area contributed by atoms with Crippen molar-refractivity contribution in [2.24, 2.45) is 10.8 Å². The minimum atomic E-state index is -0.643. The second kappa shape index (κ2) is 6.10. The maximum atomic E-state index is 13.8. The van der Waals surface area contributed by atoms with Gasteiger partial charge in [0.25, 0.3) is 0 Å². The van der Waals surface area contributed by atoms with E-state index in [4.69, 9.17) is 5.84 Å². The van der Waals surface area contributed by atoms with Crippen molar-refractivity contribution in [1.29, 1.82) is 0 Å². The zero-order chi connectivity index (χ0) is 13.8. The minimum Gasteiger partial charge on any atom is -0.308 e. The van der Waals surface area contributed by atoms with E-state index < -0.39 is 11.6 Å². The number of amidine groups is 1. The lowest BCUT2D eigenvalue weighted by atomic mass is 9.96. The van der Waals surface area contributed by atoms with Gasteiger partial charge in [-0.25, -0.2) is 14.6 Å². The Morgan fingerprint density at radius 1 is 1.21 bits per heavy atom. The molecule has 19 heavy (non-hydrogen) atoms. The van der Waals surface area contributed by atoms with Crippen LogP contribution in [-0.2, 0) is 0 Å². The van der Waals surface area contributed by atoms with Crippen molar-refractivity contribution in [3.63, 3.8) is 0 Å². The van der Waals surface area contributed by atoms with Gasteiger partial charge in [0.05, 0.1) is 11.6 Å². The van der Waals surface area contributed by atoms with Crippen LogP contribution in [0.25, 0.3) is 0 Å². The SMILES string of the molecule is Cc1cc(C(=NC2CCCCC2)NN)c(F)cc1F. The summed E-state index contributed by atoms with van der Waals surface area (Å²) < 4.78 is 27.1. The molecule has 0 bridgehead atoms.